The number of unbranched alkanes of at least 4 members (excludes halogenated alkanes) is 2. The summed E-state index contributed by atoms with van der Waals surface area (Å²) in [4.78, 5) is 21.2. The highest BCUT2D eigenvalue weighted by Gasteiger charge is 2.31. The van der Waals surface area contributed by atoms with E-state index in [1.54, 1.807) is 0 Å². The summed E-state index contributed by atoms with van der Waals surface area (Å²) in [5.41, 5.74) is 14.8. The monoisotopic (exact) mass is 247 g/mol. The Morgan fingerprint density at radius 2 is 1.76 bits per heavy atom. The van der Waals surface area contributed by atoms with Crippen molar-refractivity contribution < 1.29 is 19.8 Å². The van der Waals surface area contributed by atoms with E-state index >= 15 is 0 Å². The molecule has 0 aliphatic carbocycles. The average Bonchev–Trinajstić information content (AvgIpc) is 2.27. The molecule has 8 N–H and O–H groups in total. The Labute approximate surface area is 100.0 Å². The molecule has 17 heavy (non-hydrogen) atoms. The first kappa shape index (κ1) is 15.8. The van der Waals surface area contributed by atoms with E-state index in [0.29, 0.717) is 25.7 Å². The van der Waals surface area contributed by atoms with E-state index in [9.17, 15) is 9.59 Å². The van der Waals surface area contributed by atoms with Crippen LogP contribution in [0.25, 0.3) is 0 Å². The van der Waals surface area contributed by atoms with Crippen molar-refractivity contribution in [2.24, 2.45) is 17.2 Å². The highest BCUT2D eigenvalue weighted by molar-refractivity contribution is 5.78. The fourth-order valence-electron chi connectivity index (χ4n) is 1.40. The van der Waals surface area contributed by atoms with Gasteiger partial charge < -0.3 is 27.4 Å². The normalized spacial score (nSPS) is 16.2. The Hall–Kier alpha value is -1.18. The van der Waals surface area contributed by atoms with Crippen LogP contribution in [0.4, 0.5) is 0 Å². The number of nitrogens with two attached hydrogens (primary N) is 3. The second-order valence-corrected chi connectivity index (χ2v) is 4.21. The Bertz CT molecular complexity index is 272. The fourth-order valence-corrected chi connectivity index (χ4v) is 1.40. The van der Waals surface area contributed by atoms with Gasteiger partial charge in [-0.1, -0.05) is 19.3 Å². The minimum Gasteiger partial charge on any atom is -0.480 e. The Morgan fingerprint density at radius 1 is 1.18 bits per heavy atom. The lowest BCUT2D eigenvalue weighted by atomic mass is 9.93. The lowest BCUT2D eigenvalue weighted by Gasteiger charge is -2.22. The molecule has 0 spiro atoms. The summed E-state index contributed by atoms with van der Waals surface area (Å²) < 4.78 is 0. The zero-order valence-corrected chi connectivity index (χ0v) is 9.76. The Kier molecular flexibility index (Phi) is 6.71. The topological polar surface area (TPSA) is 153 Å². The molecule has 0 aliphatic rings. The van der Waals surface area contributed by atoms with Crippen LogP contribution in [0.3, 0.4) is 0 Å². The van der Waals surface area contributed by atoms with Crippen LogP contribution in [0.5, 0.6) is 0 Å². The zero-order valence-electron chi connectivity index (χ0n) is 9.76. The Morgan fingerprint density at radius 3 is 2.18 bits per heavy atom. The van der Waals surface area contributed by atoms with Gasteiger partial charge in [0.25, 0.3) is 0 Å². The van der Waals surface area contributed by atoms with Gasteiger partial charge >= 0.3 is 11.9 Å². The maximum Gasteiger partial charge on any atom is 0.324 e. The number of rotatable bonds is 9. The quantitative estimate of drug-likeness (QED) is 0.330. The molecule has 0 rings (SSSR count). The second kappa shape index (κ2) is 7.21. The van der Waals surface area contributed by atoms with Gasteiger partial charge in [0.15, 0.2) is 0 Å². The van der Waals surface area contributed by atoms with Crippen molar-refractivity contribution in [1.82, 2.24) is 0 Å². The first-order valence-corrected chi connectivity index (χ1v) is 5.54. The van der Waals surface area contributed by atoms with Crippen molar-refractivity contribution in [3.63, 3.8) is 0 Å². The van der Waals surface area contributed by atoms with E-state index in [2.05, 4.69) is 0 Å². The van der Waals surface area contributed by atoms with Crippen LogP contribution >= 0.6 is 0 Å². The predicted octanol–water partition coefficient (Wildman–Crippen LogP) is -0.910. The zero-order chi connectivity index (χ0) is 13.5. The number of carboxylic acids is 2. The summed E-state index contributed by atoms with van der Waals surface area (Å²) in [6, 6.07) is -0.855. The smallest absolute Gasteiger partial charge is 0.324 e. The van der Waals surface area contributed by atoms with Crippen LogP contribution < -0.4 is 17.2 Å². The van der Waals surface area contributed by atoms with Crippen LogP contribution in [0, 0.1) is 0 Å². The lowest BCUT2D eigenvalue weighted by molar-refractivity contribution is -0.143. The van der Waals surface area contributed by atoms with Crippen molar-refractivity contribution in [2.75, 3.05) is 6.54 Å². The van der Waals surface area contributed by atoms with E-state index in [4.69, 9.17) is 27.4 Å². The minimum absolute atomic E-state index is 0.114. The number of hydrogen-bond donors (Lipinski definition) is 5. The van der Waals surface area contributed by atoms with Crippen molar-refractivity contribution in [3.05, 3.63) is 0 Å². The SMILES string of the molecule is NCC(N)(CCCCCC(N)C(=O)O)C(=O)O. The number of carboxylic acid groups (broad SMARTS) is 2. The van der Waals surface area contributed by atoms with Gasteiger partial charge in [-0.15, -0.1) is 0 Å². The van der Waals surface area contributed by atoms with E-state index in [1.807, 2.05) is 0 Å². The molecular formula is C10H21N3O4. The third-order valence-corrected chi connectivity index (χ3v) is 2.75. The number of hydrogen-bond acceptors (Lipinski definition) is 5. The summed E-state index contributed by atoms with van der Waals surface area (Å²) >= 11 is 0. The molecule has 7 heteroatoms. The molecule has 0 bridgehead atoms. The standard InChI is InChI=1S/C10H21N3O4/c11-6-10(13,9(16)17)5-3-1-2-4-7(12)8(14)15/h7H,1-6,11-13H2,(H,14,15)(H,16,17). The van der Waals surface area contributed by atoms with Gasteiger partial charge in [0.1, 0.15) is 11.6 Å². The first-order chi connectivity index (χ1) is 7.83. The molecule has 0 aromatic rings. The van der Waals surface area contributed by atoms with Crippen LogP contribution in [-0.2, 0) is 9.59 Å². The predicted molar refractivity (Wildman–Crippen MR) is 62.3 cm³/mol. The molecule has 0 aliphatic heterocycles. The molecule has 0 amide bonds. The van der Waals surface area contributed by atoms with Gasteiger partial charge in [-0.2, -0.15) is 0 Å². The van der Waals surface area contributed by atoms with Crippen molar-refractivity contribution in [2.45, 2.75) is 43.7 Å². The van der Waals surface area contributed by atoms with E-state index in [-0.39, 0.29) is 13.0 Å². The molecule has 0 fully saturated rings. The van der Waals surface area contributed by atoms with E-state index < -0.39 is 23.5 Å². The van der Waals surface area contributed by atoms with Gasteiger partial charge in [0.2, 0.25) is 0 Å². The minimum atomic E-state index is -1.38. The molecule has 0 radical (unpaired) electrons. The first-order valence-electron chi connectivity index (χ1n) is 5.54. The highest BCUT2D eigenvalue weighted by atomic mass is 16.4. The Balaban J connectivity index is 3.78. The molecule has 0 saturated heterocycles. The summed E-state index contributed by atoms with van der Waals surface area (Å²) in [7, 11) is 0. The van der Waals surface area contributed by atoms with Crippen molar-refractivity contribution in [3.8, 4) is 0 Å². The van der Waals surface area contributed by atoms with E-state index in [0.717, 1.165) is 0 Å². The van der Waals surface area contributed by atoms with Crippen LogP contribution in [0.2, 0.25) is 0 Å². The molecule has 0 saturated carbocycles. The molecular weight excluding hydrogens is 226 g/mol. The van der Waals surface area contributed by atoms with Gasteiger partial charge in [0.05, 0.1) is 0 Å². The molecule has 0 aromatic heterocycles. The molecule has 0 heterocycles. The van der Waals surface area contributed by atoms with Crippen molar-refractivity contribution in [1.29, 1.82) is 0 Å². The molecule has 100 valence electrons. The lowest BCUT2D eigenvalue weighted by Crippen LogP contribution is -2.53. The van der Waals surface area contributed by atoms with Gasteiger partial charge in [-0.3, -0.25) is 9.59 Å². The third-order valence-electron chi connectivity index (χ3n) is 2.75. The summed E-state index contributed by atoms with van der Waals surface area (Å²) in [6.07, 6.45) is 2.57. The van der Waals surface area contributed by atoms with Gasteiger partial charge in [-0.05, 0) is 12.8 Å². The fraction of sp³-hybridized carbons (Fsp3) is 0.800. The molecule has 2 atom stereocenters. The maximum absolute atomic E-state index is 10.8. The molecule has 0 aromatic carbocycles. The number of carbonyl (C=O) groups is 2. The maximum atomic E-state index is 10.8. The highest BCUT2D eigenvalue weighted by Crippen LogP contribution is 2.13. The number of aliphatic carboxylic acids is 2. The van der Waals surface area contributed by atoms with Gasteiger partial charge in [-0.25, -0.2) is 0 Å². The third kappa shape index (κ3) is 5.62. The summed E-state index contributed by atoms with van der Waals surface area (Å²) in [6.45, 7) is -0.114. The van der Waals surface area contributed by atoms with Crippen LogP contribution in [0.1, 0.15) is 32.1 Å². The molecule has 2 unspecified atom stereocenters. The van der Waals surface area contributed by atoms with E-state index in [1.165, 1.54) is 0 Å². The van der Waals surface area contributed by atoms with Crippen molar-refractivity contribution >= 4 is 11.9 Å². The summed E-state index contributed by atoms with van der Waals surface area (Å²) in [5.74, 6) is -2.13. The van der Waals surface area contributed by atoms with Crippen LogP contribution in [0.15, 0.2) is 0 Å². The largest absolute Gasteiger partial charge is 0.480 e. The summed E-state index contributed by atoms with van der Waals surface area (Å²) in [5, 5.41) is 17.4. The van der Waals surface area contributed by atoms with Gasteiger partial charge in [0, 0.05) is 6.54 Å². The van der Waals surface area contributed by atoms with Crippen LogP contribution in [-0.4, -0.2) is 40.3 Å². The average molecular weight is 247 g/mol. The second-order valence-electron chi connectivity index (χ2n) is 4.21. The molecule has 7 nitrogen and oxygen atoms in total.